The molecule has 16 heavy (non-hydrogen) atoms. The van der Waals surface area contributed by atoms with Gasteiger partial charge >= 0.3 is 0 Å². The molecule has 0 amide bonds. The van der Waals surface area contributed by atoms with Gasteiger partial charge in [0.2, 0.25) is 0 Å². The van der Waals surface area contributed by atoms with E-state index in [-0.39, 0.29) is 0 Å². The summed E-state index contributed by atoms with van der Waals surface area (Å²) >= 11 is 0. The topological polar surface area (TPSA) is 31.4 Å². The summed E-state index contributed by atoms with van der Waals surface area (Å²) in [6, 6.07) is 6.20. The van der Waals surface area contributed by atoms with E-state index in [1.807, 2.05) is 13.0 Å². The average Bonchev–Trinajstić information content (AvgIpc) is 2.31. The van der Waals surface area contributed by atoms with Crippen LogP contribution in [0.4, 0.5) is 0 Å². The maximum atomic E-state index is 5.29. The average molecular weight is 217 g/mol. The second-order valence-electron chi connectivity index (χ2n) is 3.72. The Kier molecular flexibility index (Phi) is 3.06. The van der Waals surface area contributed by atoms with Crippen LogP contribution in [0.2, 0.25) is 0 Å². The van der Waals surface area contributed by atoms with E-state index in [0.29, 0.717) is 6.61 Å². The summed E-state index contributed by atoms with van der Waals surface area (Å²) in [5.74, 6) is 0.810. The summed E-state index contributed by atoms with van der Waals surface area (Å²) in [5.41, 5.74) is 2.15. The van der Waals surface area contributed by atoms with Gasteiger partial charge in [-0.2, -0.15) is 0 Å². The van der Waals surface area contributed by atoms with Crippen LogP contribution in [0.3, 0.4) is 0 Å². The van der Waals surface area contributed by atoms with Gasteiger partial charge in [0.1, 0.15) is 5.75 Å². The van der Waals surface area contributed by atoms with Crippen molar-refractivity contribution in [1.29, 1.82) is 0 Å². The number of ether oxygens (including phenoxy) is 2. The lowest BCUT2D eigenvalue weighted by atomic mass is 10.1. The summed E-state index contributed by atoms with van der Waals surface area (Å²) in [4.78, 5) is 4.31. The molecule has 0 radical (unpaired) electrons. The Labute approximate surface area is 95.0 Å². The van der Waals surface area contributed by atoms with Gasteiger partial charge in [0.15, 0.2) is 0 Å². The fourth-order valence-electron chi connectivity index (χ4n) is 1.82. The number of benzene rings is 1. The normalized spacial score (nSPS) is 10.7. The van der Waals surface area contributed by atoms with Crippen molar-refractivity contribution in [3.05, 3.63) is 35.7 Å². The molecule has 1 aromatic heterocycles. The van der Waals surface area contributed by atoms with Crippen molar-refractivity contribution in [2.45, 2.75) is 13.5 Å². The molecular weight excluding hydrogens is 202 g/mol. The molecule has 2 rings (SSSR count). The van der Waals surface area contributed by atoms with Crippen LogP contribution in [0.25, 0.3) is 10.8 Å². The molecule has 1 heterocycles. The molecule has 0 aliphatic rings. The second kappa shape index (κ2) is 4.49. The Morgan fingerprint density at radius 2 is 2.00 bits per heavy atom. The van der Waals surface area contributed by atoms with E-state index < -0.39 is 0 Å². The maximum absolute atomic E-state index is 5.29. The fourth-order valence-corrected chi connectivity index (χ4v) is 1.82. The molecule has 3 nitrogen and oxygen atoms in total. The van der Waals surface area contributed by atoms with Crippen LogP contribution in [0.1, 0.15) is 11.3 Å². The Bertz CT molecular complexity index is 509. The van der Waals surface area contributed by atoms with Gasteiger partial charge in [-0.25, -0.2) is 0 Å². The maximum Gasteiger partial charge on any atom is 0.144 e. The van der Waals surface area contributed by atoms with Crippen molar-refractivity contribution in [2.75, 3.05) is 14.2 Å². The minimum Gasteiger partial charge on any atom is -0.494 e. The van der Waals surface area contributed by atoms with E-state index in [2.05, 4.69) is 17.1 Å². The molecule has 0 fully saturated rings. The smallest absolute Gasteiger partial charge is 0.144 e. The van der Waals surface area contributed by atoms with Gasteiger partial charge in [-0.1, -0.05) is 12.1 Å². The molecule has 0 bridgehead atoms. The van der Waals surface area contributed by atoms with E-state index in [1.54, 1.807) is 20.4 Å². The van der Waals surface area contributed by atoms with Crippen molar-refractivity contribution < 1.29 is 9.47 Å². The fraction of sp³-hybridized carbons (Fsp3) is 0.308. The molecule has 0 atom stereocenters. The van der Waals surface area contributed by atoms with Gasteiger partial charge in [0.05, 0.1) is 19.9 Å². The lowest BCUT2D eigenvalue weighted by Crippen LogP contribution is -1.93. The Hall–Kier alpha value is -1.61. The lowest BCUT2D eigenvalue weighted by molar-refractivity contribution is 0.185. The van der Waals surface area contributed by atoms with Crippen LogP contribution in [-0.4, -0.2) is 19.2 Å². The molecule has 0 saturated carbocycles. The third-order valence-corrected chi connectivity index (χ3v) is 2.65. The molecule has 0 aliphatic carbocycles. The Morgan fingerprint density at radius 3 is 2.69 bits per heavy atom. The summed E-state index contributed by atoms with van der Waals surface area (Å²) < 4.78 is 10.4. The molecule has 0 N–H and O–H groups in total. The highest BCUT2D eigenvalue weighted by atomic mass is 16.5. The van der Waals surface area contributed by atoms with E-state index in [1.165, 1.54) is 0 Å². The Balaban J connectivity index is 2.63. The standard InChI is InChI=1S/C13H15NO2/c1-9-12-6-10(8-15-2)4-5-11(12)13(16-3)7-14-9/h4-7H,8H2,1-3H3. The molecule has 0 saturated heterocycles. The number of hydrogen-bond donors (Lipinski definition) is 0. The van der Waals surface area contributed by atoms with Crippen LogP contribution < -0.4 is 4.74 Å². The van der Waals surface area contributed by atoms with Crippen LogP contribution in [0.5, 0.6) is 5.75 Å². The van der Waals surface area contributed by atoms with E-state index >= 15 is 0 Å². The highest BCUT2D eigenvalue weighted by Crippen LogP contribution is 2.27. The molecule has 0 spiro atoms. The predicted molar refractivity (Wildman–Crippen MR) is 63.7 cm³/mol. The predicted octanol–water partition coefficient (Wildman–Crippen LogP) is 2.70. The summed E-state index contributed by atoms with van der Waals surface area (Å²) in [6.07, 6.45) is 1.76. The molecular formula is C13H15NO2. The molecule has 0 aliphatic heterocycles. The quantitative estimate of drug-likeness (QED) is 0.792. The number of fused-ring (bicyclic) bond motifs is 1. The van der Waals surface area contributed by atoms with Crippen LogP contribution in [0, 0.1) is 6.92 Å². The number of aryl methyl sites for hydroxylation is 1. The number of rotatable bonds is 3. The zero-order chi connectivity index (χ0) is 11.5. The third-order valence-electron chi connectivity index (χ3n) is 2.65. The molecule has 3 heteroatoms. The number of methoxy groups -OCH3 is 2. The van der Waals surface area contributed by atoms with Gasteiger partial charge in [-0.3, -0.25) is 4.98 Å². The first kappa shape index (κ1) is 10.9. The lowest BCUT2D eigenvalue weighted by Gasteiger charge is -2.08. The third kappa shape index (κ3) is 1.86. The number of nitrogens with zero attached hydrogens (tertiary/aromatic N) is 1. The van der Waals surface area contributed by atoms with E-state index in [9.17, 15) is 0 Å². The summed E-state index contributed by atoms with van der Waals surface area (Å²) in [7, 11) is 3.36. The van der Waals surface area contributed by atoms with Crippen molar-refractivity contribution in [3.63, 3.8) is 0 Å². The van der Waals surface area contributed by atoms with Crippen molar-refractivity contribution in [1.82, 2.24) is 4.98 Å². The highest BCUT2D eigenvalue weighted by Gasteiger charge is 2.05. The van der Waals surface area contributed by atoms with Crippen molar-refractivity contribution in [2.24, 2.45) is 0 Å². The molecule has 1 aromatic carbocycles. The van der Waals surface area contributed by atoms with Crippen LogP contribution in [0.15, 0.2) is 24.4 Å². The number of aromatic nitrogens is 1. The van der Waals surface area contributed by atoms with Gasteiger partial charge < -0.3 is 9.47 Å². The van der Waals surface area contributed by atoms with Crippen molar-refractivity contribution >= 4 is 10.8 Å². The van der Waals surface area contributed by atoms with Crippen molar-refractivity contribution in [3.8, 4) is 5.75 Å². The summed E-state index contributed by atoms with van der Waals surface area (Å²) in [6.45, 7) is 2.62. The highest BCUT2D eigenvalue weighted by molar-refractivity contribution is 5.90. The van der Waals surface area contributed by atoms with Gasteiger partial charge in [-0.05, 0) is 18.6 Å². The van der Waals surface area contributed by atoms with Gasteiger partial charge in [-0.15, -0.1) is 0 Å². The first-order valence-electron chi connectivity index (χ1n) is 5.17. The van der Waals surface area contributed by atoms with Crippen LogP contribution >= 0.6 is 0 Å². The monoisotopic (exact) mass is 217 g/mol. The van der Waals surface area contributed by atoms with E-state index in [0.717, 1.165) is 27.8 Å². The first-order chi connectivity index (χ1) is 7.76. The largest absolute Gasteiger partial charge is 0.494 e. The minimum atomic E-state index is 0.618. The summed E-state index contributed by atoms with van der Waals surface area (Å²) in [5, 5.41) is 2.21. The zero-order valence-corrected chi connectivity index (χ0v) is 9.78. The first-order valence-corrected chi connectivity index (χ1v) is 5.17. The molecule has 0 unspecified atom stereocenters. The molecule has 84 valence electrons. The zero-order valence-electron chi connectivity index (χ0n) is 9.78. The SMILES string of the molecule is COCc1ccc2c(OC)cnc(C)c2c1. The van der Waals surface area contributed by atoms with E-state index in [4.69, 9.17) is 9.47 Å². The minimum absolute atomic E-state index is 0.618. The van der Waals surface area contributed by atoms with Gasteiger partial charge in [0.25, 0.3) is 0 Å². The second-order valence-corrected chi connectivity index (χ2v) is 3.72. The van der Waals surface area contributed by atoms with Gasteiger partial charge in [0, 0.05) is 23.6 Å². The Morgan fingerprint density at radius 1 is 1.19 bits per heavy atom. The van der Waals surface area contributed by atoms with Crippen LogP contribution in [-0.2, 0) is 11.3 Å². The number of pyridine rings is 1. The number of hydrogen-bond acceptors (Lipinski definition) is 3. The molecule has 2 aromatic rings.